The third-order valence-electron chi connectivity index (χ3n) is 4.15. The van der Waals surface area contributed by atoms with Gasteiger partial charge >= 0.3 is 6.03 Å². The van der Waals surface area contributed by atoms with Gasteiger partial charge in [0.05, 0.1) is 11.5 Å². The first-order chi connectivity index (χ1) is 9.85. The van der Waals surface area contributed by atoms with Crippen LogP contribution in [-0.2, 0) is 14.6 Å². The molecule has 2 rings (SSSR count). The van der Waals surface area contributed by atoms with E-state index in [2.05, 4.69) is 10.6 Å². The number of amides is 3. The summed E-state index contributed by atoms with van der Waals surface area (Å²) in [6.07, 6.45) is 2.13. The van der Waals surface area contributed by atoms with Crippen molar-refractivity contribution in [2.24, 2.45) is 5.92 Å². The van der Waals surface area contributed by atoms with Crippen LogP contribution in [0, 0.1) is 5.92 Å². The quantitative estimate of drug-likeness (QED) is 0.749. The maximum absolute atomic E-state index is 11.8. The first-order valence-corrected chi connectivity index (χ1v) is 9.18. The molecule has 0 aromatic carbocycles. The van der Waals surface area contributed by atoms with E-state index < -0.39 is 9.84 Å². The van der Waals surface area contributed by atoms with Crippen molar-refractivity contribution < 1.29 is 18.0 Å². The van der Waals surface area contributed by atoms with Crippen molar-refractivity contribution in [2.75, 3.05) is 31.1 Å². The van der Waals surface area contributed by atoms with Crippen molar-refractivity contribution in [1.29, 1.82) is 0 Å². The molecule has 0 radical (unpaired) electrons. The lowest BCUT2D eigenvalue weighted by Crippen LogP contribution is -2.49. The first-order valence-electron chi connectivity index (χ1n) is 7.36. The second-order valence-corrected chi connectivity index (χ2v) is 8.13. The Labute approximate surface area is 125 Å². The number of urea groups is 1. The zero-order chi connectivity index (χ0) is 15.5. The molecule has 120 valence electrons. The molecule has 0 aromatic heterocycles. The standard InChI is InChI=1S/C13H23N3O4S/c1-10(17)16-5-2-12(3-6-16)15-13(18)14-8-11-4-7-21(19,20)9-11/h11-12H,2-9H2,1H3,(H2,14,15,18). The summed E-state index contributed by atoms with van der Waals surface area (Å²) in [4.78, 5) is 24.8. The van der Waals surface area contributed by atoms with Crippen LogP contribution >= 0.6 is 0 Å². The number of hydrogen-bond donors (Lipinski definition) is 2. The van der Waals surface area contributed by atoms with Gasteiger partial charge in [-0.1, -0.05) is 0 Å². The molecule has 21 heavy (non-hydrogen) atoms. The molecule has 0 aliphatic carbocycles. The molecule has 2 aliphatic rings. The Kier molecular flexibility index (Phi) is 5.08. The monoisotopic (exact) mass is 317 g/mol. The molecule has 2 fully saturated rings. The summed E-state index contributed by atoms with van der Waals surface area (Å²) in [7, 11) is -2.89. The van der Waals surface area contributed by atoms with Crippen LogP contribution in [-0.4, -0.2) is 62.4 Å². The number of carbonyl (C=O) groups is 2. The van der Waals surface area contributed by atoms with Crippen molar-refractivity contribution in [3.63, 3.8) is 0 Å². The SMILES string of the molecule is CC(=O)N1CCC(NC(=O)NCC2CCS(=O)(=O)C2)CC1. The lowest BCUT2D eigenvalue weighted by atomic mass is 10.1. The second-order valence-electron chi connectivity index (χ2n) is 5.90. The van der Waals surface area contributed by atoms with Gasteiger partial charge in [-0.05, 0) is 25.2 Å². The molecule has 0 saturated carbocycles. The van der Waals surface area contributed by atoms with Crippen LogP contribution in [0.3, 0.4) is 0 Å². The van der Waals surface area contributed by atoms with Crippen molar-refractivity contribution in [2.45, 2.75) is 32.2 Å². The smallest absolute Gasteiger partial charge is 0.315 e. The Balaban J connectivity index is 1.65. The average molecular weight is 317 g/mol. The zero-order valence-electron chi connectivity index (χ0n) is 12.3. The molecule has 3 amide bonds. The summed E-state index contributed by atoms with van der Waals surface area (Å²) in [5.74, 6) is 0.495. The number of carbonyl (C=O) groups excluding carboxylic acids is 2. The highest BCUT2D eigenvalue weighted by atomic mass is 32.2. The highest BCUT2D eigenvalue weighted by molar-refractivity contribution is 7.91. The largest absolute Gasteiger partial charge is 0.343 e. The van der Waals surface area contributed by atoms with E-state index in [9.17, 15) is 18.0 Å². The Bertz CT molecular complexity index is 498. The van der Waals surface area contributed by atoms with Crippen molar-refractivity contribution in [1.82, 2.24) is 15.5 Å². The summed E-state index contributed by atoms with van der Waals surface area (Å²) < 4.78 is 22.7. The summed E-state index contributed by atoms with van der Waals surface area (Å²) in [5, 5.41) is 5.63. The Morgan fingerprint density at radius 3 is 2.38 bits per heavy atom. The van der Waals surface area contributed by atoms with E-state index in [-0.39, 0.29) is 35.4 Å². The van der Waals surface area contributed by atoms with E-state index in [1.165, 1.54) is 0 Å². The number of nitrogens with zero attached hydrogens (tertiary/aromatic N) is 1. The van der Waals surface area contributed by atoms with E-state index in [4.69, 9.17) is 0 Å². The highest BCUT2D eigenvalue weighted by Crippen LogP contribution is 2.17. The van der Waals surface area contributed by atoms with Crippen LogP contribution in [0.4, 0.5) is 4.79 Å². The third-order valence-corrected chi connectivity index (χ3v) is 5.99. The van der Waals surface area contributed by atoms with Gasteiger partial charge in [0.1, 0.15) is 0 Å². The molecule has 1 unspecified atom stereocenters. The molecule has 0 aromatic rings. The summed E-state index contributed by atoms with van der Waals surface area (Å²) in [6, 6.07) is -0.173. The fraction of sp³-hybridized carbons (Fsp3) is 0.846. The number of sulfone groups is 1. The van der Waals surface area contributed by atoms with Crippen LogP contribution < -0.4 is 10.6 Å². The fourth-order valence-corrected chi connectivity index (χ4v) is 4.71. The molecule has 7 nitrogen and oxygen atoms in total. The molecule has 2 saturated heterocycles. The predicted octanol–water partition coefficient (Wildman–Crippen LogP) is -0.269. The summed E-state index contributed by atoms with van der Waals surface area (Å²) >= 11 is 0. The van der Waals surface area contributed by atoms with Crippen LogP contribution in [0.2, 0.25) is 0 Å². The number of piperidine rings is 1. The molecule has 0 spiro atoms. The van der Waals surface area contributed by atoms with Gasteiger partial charge in [0.25, 0.3) is 0 Å². The maximum atomic E-state index is 11.8. The minimum Gasteiger partial charge on any atom is -0.343 e. The number of rotatable bonds is 3. The minimum absolute atomic E-state index is 0.0281. The average Bonchev–Trinajstić information content (AvgIpc) is 2.77. The van der Waals surface area contributed by atoms with Gasteiger partial charge in [0, 0.05) is 32.6 Å². The Hall–Kier alpha value is -1.31. The topological polar surface area (TPSA) is 95.6 Å². The van der Waals surface area contributed by atoms with E-state index in [0.29, 0.717) is 26.1 Å². The van der Waals surface area contributed by atoms with Crippen LogP contribution in [0.5, 0.6) is 0 Å². The normalized spacial score (nSPS) is 25.6. The van der Waals surface area contributed by atoms with Gasteiger partial charge in [0.2, 0.25) is 5.91 Å². The van der Waals surface area contributed by atoms with Crippen LogP contribution in [0.15, 0.2) is 0 Å². The van der Waals surface area contributed by atoms with Crippen molar-refractivity contribution in [3.8, 4) is 0 Å². The van der Waals surface area contributed by atoms with E-state index in [0.717, 1.165) is 12.8 Å². The van der Waals surface area contributed by atoms with Crippen LogP contribution in [0.1, 0.15) is 26.2 Å². The minimum atomic E-state index is -2.89. The second kappa shape index (κ2) is 6.64. The third kappa shape index (κ3) is 4.87. The van der Waals surface area contributed by atoms with E-state index in [1.807, 2.05) is 0 Å². The lowest BCUT2D eigenvalue weighted by Gasteiger charge is -2.31. The fourth-order valence-electron chi connectivity index (χ4n) is 2.85. The molecule has 2 heterocycles. The van der Waals surface area contributed by atoms with Gasteiger partial charge in [-0.25, -0.2) is 13.2 Å². The summed E-state index contributed by atoms with van der Waals surface area (Å²) in [5.41, 5.74) is 0. The zero-order valence-corrected chi connectivity index (χ0v) is 13.1. The first kappa shape index (κ1) is 16.1. The number of hydrogen-bond acceptors (Lipinski definition) is 4. The van der Waals surface area contributed by atoms with Crippen LogP contribution in [0.25, 0.3) is 0 Å². The molecule has 2 aliphatic heterocycles. The summed E-state index contributed by atoms with van der Waals surface area (Å²) in [6.45, 7) is 3.29. The van der Waals surface area contributed by atoms with E-state index in [1.54, 1.807) is 11.8 Å². The van der Waals surface area contributed by atoms with E-state index >= 15 is 0 Å². The molecule has 2 N–H and O–H groups in total. The van der Waals surface area contributed by atoms with Gasteiger partial charge in [-0.3, -0.25) is 4.79 Å². The maximum Gasteiger partial charge on any atom is 0.315 e. The molecule has 1 atom stereocenters. The van der Waals surface area contributed by atoms with Crippen molar-refractivity contribution in [3.05, 3.63) is 0 Å². The van der Waals surface area contributed by atoms with Gasteiger partial charge in [0.15, 0.2) is 9.84 Å². The Morgan fingerprint density at radius 2 is 1.86 bits per heavy atom. The number of likely N-dealkylation sites (tertiary alicyclic amines) is 1. The lowest BCUT2D eigenvalue weighted by molar-refractivity contribution is -0.129. The Morgan fingerprint density at radius 1 is 1.19 bits per heavy atom. The number of nitrogens with one attached hydrogen (secondary N) is 2. The van der Waals surface area contributed by atoms with Crippen molar-refractivity contribution >= 4 is 21.8 Å². The molecular weight excluding hydrogens is 294 g/mol. The molecular formula is C13H23N3O4S. The van der Waals surface area contributed by atoms with Gasteiger partial charge < -0.3 is 15.5 Å². The van der Waals surface area contributed by atoms with Gasteiger partial charge in [-0.2, -0.15) is 0 Å². The highest BCUT2D eigenvalue weighted by Gasteiger charge is 2.28. The van der Waals surface area contributed by atoms with Gasteiger partial charge in [-0.15, -0.1) is 0 Å². The predicted molar refractivity (Wildman–Crippen MR) is 78.6 cm³/mol. The molecule has 8 heteroatoms. The molecule has 0 bridgehead atoms.